The third-order valence-electron chi connectivity index (χ3n) is 5.99. The number of hydrogen-bond donors (Lipinski definition) is 1. The number of furan rings is 1. The molecule has 1 saturated heterocycles. The van der Waals surface area contributed by atoms with Crippen molar-refractivity contribution in [1.82, 2.24) is 9.80 Å². The summed E-state index contributed by atoms with van der Waals surface area (Å²) >= 11 is 3.41. The van der Waals surface area contributed by atoms with Crippen LogP contribution in [0.5, 0.6) is 0 Å². The van der Waals surface area contributed by atoms with Crippen molar-refractivity contribution in [1.29, 1.82) is 0 Å². The highest BCUT2D eigenvalue weighted by molar-refractivity contribution is 9.10. The number of halogens is 1. The van der Waals surface area contributed by atoms with Gasteiger partial charge < -0.3 is 19.5 Å². The maximum absolute atomic E-state index is 13.3. The SMILES string of the molecule is O=C(CN(Cc1ccco1)C(=O)[C@@H]1CC(=O)N(C2CCCC2)C1)Nc1ccccc1Br. The molecule has 1 atom stereocenters. The second kappa shape index (κ2) is 9.68. The summed E-state index contributed by atoms with van der Waals surface area (Å²) in [6, 6.07) is 11.1. The molecule has 0 spiro atoms. The average Bonchev–Trinajstić information content (AvgIpc) is 3.50. The van der Waals surface area contributed by atoms with Gasteiger partial charge in [0.25, 0.3) is 0 Å². The number of hydrogen-bond acceptors (Lipinski definition) is 4. The molecule has 2 heterocycles. The van der Waals surface area contributed by atoms with Crippen molar-refractivity contribution >= 4 is 39.3 Å². The minimum Gasteiger partial charge on any atom is -0.467 e. The number of carbonyl (C=O) groups is 3. The fourth-order valence-electron chi connectivity index (χ4n) is 4.45. The van der Waals surface area contributed by atoms with Gasteiger partial charge in [0.2, 0.25) is 17.7 Å². The number of anilines is 1. The molecule has 1 aliphatic carbocycles. The first kappa shape index (κ1) is 21.6. The number of nitrogens with zero attached hydrogens (tertiary/aromatic N) is 2. The smallest absolute Gasteiger partial charge is 0.244 e. The van der Waals surface area contributed by atoms with Gasteiger partial charge in [-0.2, -0.15) is 0 Å². The summed E-state index contributed by atoms with van der Waals surface area (Å²) in [6.07, 6.45) is 6.03. The topological polar surface area (TPSA) is 82.9 Å². The van der Waals surface area contributed by atoms with Crippen LogP contribution in [0.15, 0.2) is 51.6 Å². The third kappa shape index (κ3) is 5.18. The van der Waals surface area contributed by atoms with Crippen molar-refractivity contribution in [2.45, 2.75) is 44.7 Å². The Labute approximate surface area is 189 Å². The lowest BCUT2D eigenvalue weighted by Crippen LogP contribution is -2.42. The predicted octanol–water partition coefficient (Wildman–Crippen LogP) is 3.80. The van der Waals surface area contributed by atoms with Gasteiger partial charge in [-0.05, 0) is 53.0 Å². The zero-order chi connectivity index (χ0) is 21.8. The van der Waals surface area contributed by atoms with Crippen LogP contribution in [0.2, 0.25) is 0 Å². The van der Waals surface area contributed by atoms with Crippen LogP contribution in [0.1, 0.15) is 37.9 Å². The van der Waals surface area contributed by atoms with Crippen LogP contribution in [-0.2, 0) is 20.9 Å². The van der Waals surface area contributed by atoms with Crippen molar-refractivity contribution in [2.24, 2.45) is 5.92 Å². The van der Waals surface area contributed by atoms with Crippen LogP contribution >= 0.6 is 15.9 Å². The third-order valence-corrected chi connectivity index (χ3v) is 6.69. The molecule has 0 radical (unpaired) electrons. The van der Waals surface area contributed by atoms with Crippen LogP contribution in [0, 0.1) is 5.92 Å². The number of amides is 3. The molecule has 1 aliphatic heterocycles. The lowest BCUT2D eigenvalue weighted by molar-refractivity contribution is -0.139. The fraction of sp³-hybridized carbons (Fsp3) is 0.435. The minimum absolute atomic E-state index is 0.0425. The van der Waals surface area contributed by atoms with Crippen molar-refractivity contribution < 1.29 is 18.8 Å². The predicted molar refractivity (Wildman–Crippen MR) is 119 cm³/mol. The van der Waals surface area contributed by atoms with E-state index in [1.807, 2.05) is 23.1 Å². The van der Waals surface area contributed by atoms with E-state index in [0.29, 0.717) is 18.0 Å². The van der Waals surface area contributed by atoms with Gasteiger partial charge in [0, 0.05) is 23.5 Å². The van der Waals surface area contributed by atoms with Crippen molar-refractivity contribution in [3.63, 3.8) is 0 Å². The van der Waals surface area contributed by atoms with E-state index in [1.54, 1.807) is 24.5 Å². The average molecular weight is 488 g/mol. The molecular formula is C23H26BrN3O4. The Morgan fingerprint density at radius 2 is 1.94 bits per heavy atom. The lowest BCUT2D eigenvalue weighted by atomic mass is 10.1. The van der Waals surface area contributed by atoms with E-state index in [4.69, 9.17) is 4.42 Å². The number of para-hydroxylation sites is 1. The number of likely N-dealkylation sites (tertiary alicyclic amines) is 1. The highest BCUT2D eigenvalue weighted by Crippen LogP contribution is 2.30. The molecule has 3 amide bonds. The highest BCUT2D eigenvalue weighted by Gasteiger charge is 2.40. The molecule has 1 aromatic heterocycles. The number of carbonyl (C=O) groups excluding carboxylic acids is 3. The van der Waals surface area contributed by atoms with Gasteiger partial charge in [-0.3, -0.25) is 14.4 Å². The Bertz CT molecular complexity index is 940. The molecule has 1 aromatic carbocycles. The summed E-state index contributed by atoms with van der Waals surface area (Å²) in [5.74, 6) is -0.282. The second-order valence-electron chi connectivity index (χ2n) is 8.19. The second-order valence-corrected chi connectivity index (χ2v) is 9.04. The standard InChI is InChI=1S/C23H26BrN3O4/c24-19-9-3-4-10-20(19)25-21(28)15-26(14-18-8-5-11-31-18)23(30)16-12-22(29)27(13-16)17-6-1-2-7-17/h3-5,8-11,16-17H,1-2,6-7,12-15H2,(H,25,28)/t16-/m1/s1. The molecule has 2 aromatic rings. The number of nitrogens with one attached hydrogen (secondary N) is 1. The summed E-state index contributed by atoms with van der Waals surface area (Å²) in [4.78, 5) is 42.0. The largest absolute Gasteiger partial charge is 0.467 e. The molecule has 8 heteroatoms. The Kier molecular flexibility index (Phi) is 6.75. The molecular weight excluding hydrogens is 462 g/mol. The Morgan fingerprint density at radius 1 is 1.16 bits per heavy atom. The van der Waals surface area contributed by atoms with Crippen molar-refractivity contribution in [3.05, 3.63) is 52.9 Å². The minimum atomic E-state index is -0.431. The molecule has 0 unspecified atom stereocenters. The van der Waals surface area contributed by atoms with Crippen LogP contribution in [-0.4, -0.2) is 46.7 Å². The molecule has 7 nitrogen and oxygen atoms in total. The molecule has 2 fully saturated rings. The van der Waals surface area contributed by atoms with Crippen LogP contribution in [0.4, 0.5) is 5.69 Å². The first-order chi connectivity index (χ1) is 15.0. The van der Waals surface area contributed by atoms with E-state index in [0.717, 1.165) is 30.2 Å². The van der Waals surface area contributed by atoms with Gasteiger partial charge in [-0.15, -0.1) is 0 Å². The van der Waals surface area contributed by atoms with Gasteiger partial charge in [-0.1, -0.05) is 25.0 Å². The molecule has 164 valence electrons. The van der Waals surface area contributed by atoms with Crippen LogP contribution in [0.3, 0.4) is 0 Å². The summed E-state index contributed by atoms with van der Waals surface area (Å²) < 4.78 is 6.17. The van der Waals surface area contributed by atoms with E-state index in [9.17, 15) is 14.4 Å². The fourth-order valence-corrected chi connectivity index (χ4v) is 4.84. The van der Waals surface area contributed by atoms with Gasteiger partial charge in [0.15, 0.2) is 0 Å². The Morgan fingerprint density at radius 3 is 2.65 bits per heavy atom. The molecule has 4 rings (SSSR count). The zero-order valence-electron chi connectivity index (χ0n) is 17.3. The molecule has 1 saturated carbocycles. The van der Waals surface area contributed by atoms with Gasteiger partial charge in [0.05, 0.1) is 24.4 Å². The Hall–Kier alpha value is -2.61. The van der Waals surface area contributed by atoms with E-state index in [2.05, 4.69) is 21.2 Å². The van der Waals surface area contributed by atoms with Crippen molar-refractivity contribution in [2.75, 3.05) is 18.4 Å². The monoisotopic (exact) mass is 487 g/mol. The highest BCUT2D eigenvalue weighted by atomic mass is 79.9. The van der Waals surface area contributed by atoms with Gasteiger partial charge in [-0.25, -0.2) is 0 Å². The molecule has 31 heavy (non-hydrogen) atoms. The molecule has 1 N–H and O–H groups in total. The number of benzene rings is 1. The normalized spacial score (nSPS) is 19.1. The first-order valence-electron chi connectivity index (χ1n) is 10.7. The maximum Gasteiger partial charge on any atom is 0.244 e. The van der Waals surface area contributed by atoms with E-state index in [1.165, 1.54) is 4.90 Å². The van der Waals surface area contributed by atoms with Gasteiger partial charge in [0.1, 0.15) is 12.3 Å². The van der Waals surface area contributed by atoms with Crippen LogP contribution < -0.4 is 5.32 Å². The van der Waals surface area contributed by atoms with Gasteiger partial charge >= 0.3 is 0 Å². The first-order valence-corrected chi connectivity index (χ1v) is 11.5. The van der Waals surface area contributed by atoms with E-state index in [-0.39, 0.29) is 43.3 Å². The summed E-state index contributed by atoms with van der Waals surface area (Å²) in [5, 5.41) is 2.84. The maximum atomic E-state index is 13.3. The molecule has 2 aliphatic rings. The summed E-state index contributed by atoms with van der Waals surface area (Å²) in [7, 11) is 0. The lowest BCUT2D eigenvalue weighted by Gasteiger charge is -2.26. The van der Waals surface area contributed by atoms with E-state index < -0.39 is 5.92 Å². The van der Waals surface area contributed by atoms with Crippen LogP contribution in [0.25, 0.3) is 0 Å². The van der Waals surface area contributed by atoms with E-state index >= 15 is 0 Å². The Balaban J connectivity index is 1.45. The zero-order valence-corrected chi connectivity index (χ0v) is 18.8. The van der Waals surface area contributed by atoms with Crippen molar-refractivity contribution in [3.8, 4) is 0 Å². The quantitative estimate of drug-likeness (QED) is 0.643. The summed E-state index contributed by atoms with van der Waals surface area (Å²) in [6.45, 7) is 0.501. The molecule has 0 bridgehead atoms. The summed E-state index contributed by atoms with van der Waals surface area (Å²) in [5.41, 5.74) is 0.640. The number of rotatable bonds is 7.